The number of halogens is 1. The molecular weight excluding hydrogens is 642 g/mol. The summed E-state index contributed by atoms with van der Waals surface area (Å²) in [5.41, 5.74) is 7.92. The third kappa shape index (κ3) is 7.25. The minimum atomic E-state index is -4.06. The predicted molar refractivity (Wildman–Crippen MR) is 163 cm³/mol. The van der Waals surface area contributed by atoms with Crippen LogP contribution in [0.3, 0.4) is 0 Å². The molecular formula is C30H38BrN3O8S. The van der Waals surface area contributed by atoms with Crippen LogP contribution < -0.4 is 11.1 Å². The van der Waals surface area contributed by atoms with Gasteiger partial charge >= 0.3 is 6.09 Å². The van der Waals surface area contributed by atoms with Crippen LogP contribution in [-0.4, -0.2) is 74.8 Å². The number of carbonyl (C=O) groups excluding carboxylic acids is 1. The Bertz CT molecular complexity index is 1520. The third-order valence-corrected chi connectivity index (χ3v) is 10.3. The van der Waals surface area contributed by atoms with E-state index in [0.29, 0.717) is 27.8 Å². The molecule has 3 aromatic rings. The van der Waals surface area contributed by atoms with Crippen molar-refractivity contribution in [2.45, 2.75) is 62.7 Å². The van der Waals surface area contributed by atoms with Gasteiger partial charge in [-0.05, 0) is 58.5 Å². The summed E-state index contributed by atoms with van der Waals surface area (Å²) in [6.45, 7) is 4.65. The van der Waals surface area contributed by atoms with Crippen molar-refractivity contribution in [2.75, 3.05) is 26.3 Å². The molecule has 2 aliphatic rings. The number of amides is 1. The first-order valence-corrected chi connectivity index (χ1v) is 16.6. The van der Waals surface area contributed by atoms with E-state index >= 15 is 0 Å². The number of carbonyl (C=O) groups is 1. The van der Waals surface area contributed by atoms with Gasteiger partial charge in [0.1, 0.15) is 11.7 Å². The second-order valence-electron chi connectivity index (χ2n) is 11.4. The van der Waals surface area contributed by atoms with Gasteiger partial charge in [-0.25, -0.2) is 13.2 Å². The maximum absolute atomic E-state index is 14.0. The number of hydrogen-bond donors (Lipinski definition) is 3. The number of hydrogen-bond acceptors (Lipinski definition) is 9. The Labute approximate surface area is 259 Å². The molecule has 0 bridgehead atoms. The van der Waals surface area contributed by atoms with E-state index < -0.39 is 34.4 Å². The highest BCUT2D eigenvalue weighted by molar-refractivity contribution is 9.10. The molecule has 0 saturated carbocycles. The summed E-state index contributed by atoms with van der Waals surface area (Å²) in [5.74, 6) is -0.0780. The van der Waals surface area contributed by atoms with Crippen molar-refractivity contribution in [3.8, 4) is 0 Å². The number of rotatable bonds is 12. The highest BCUT2D eigenvalue weighted by Gasteiger charge is 2.44. The lowest BCUT2D eigenvalue weighted by Gasteiger charge is -2.31. The molecule has 0 radical (unpaired) electrons. The standard InChI is InChI=1S/C30H38BrN3O8S/c1-18(2)15-34(43(37,38)20-8-9-26-22(13-20)23(14-32)28(31)41-26)16-25(35)24(12-19-6-4-3-5-7-19)33-30(36)42-27-17-40-29-21(27)10-11-39-29/h3-9,13,18,21,24-25,27,29,35H,10-12,14-17,32H2,1-2H3,(H,33,36)/t21-,24-,25+,27?,29+/m0/s1. The molecule has 1 amide bonds. The number of aliphatic hydroxyl groups excluding tert-OH is 1. The van der Waals surface area contributed by atoms with Crippen LogP contribution in [0.1, 0.15) is 31.4 Å². The van der Waals surface area contributed by atoms with Crippen LogP contribution in [0.5, 0.6) is 0 Å². The summed E-state index contributed by atoms with van der Waals surface area (Å²) in [4.78, 5) is 13.1. The molecule has 43 heavy (non-hydrogen) atoms. The molecule has 0 aliphatic carbocycles. The van der Waals surface area contributed by atoms with Crippen molar-refractivity contribution in [3.05, 3.63) is 64.3 Å². The first kappa shape index (κ1) is 31.9. The number of nitrogens with zero attached hydrogens (tertiary/aromatic N) is 1. The van der Waals surface area contributed by atoms with Gasteiger partial charge in [0.2, 0.25) is 10.0 Å². The van der Waals surface area contributed by atoms with Crippen LogP contribution in [0.2, 0.25) is 0 Å². The molecule has 11 nitrogen and oxygen atoms in total. The van der Waals surface area contributed by atoms with Gasteiger partial charge in [0, 0.05) is 30.6 Å². The summed E-state index contributed by atoms with van der Waals surface area (Å²) in [6.07, 6.45) is -1.80. The fourth-order valence-corrected chi connectivity index (χ4v) is 7.83. The first-order valence-electron chi connectivity index (χ1n) is 14.4. The van der Waals surface area contributed by atoms with Gasteiger partial charge in [-0.15, -0.1) is 0 Å². The molecule has 1 aromatic heterocycles. The predicted octanol–water partition coefficient (Wildman–Crippen LogP) is 3.76. The normalized spacial score (nSPS) is 21.8. The lowest BCUT2D eigenvalue weighted by Crippen LogP contribution is -2.51. The van der Waals surface area contributed by atoms with E-state index in [1.807, 2.05) is 44.2 Å². The summed E-state index contributed by atoms with van der Waals surface area (Å²) in [7, 11) is -4.06. The number of aliphatic hydroxyl groups is 1. The number of ether oxygens (including phenoxy) is 3. The Morgan fingerprint density at radius 1 is 1.19 bits per heavy atom. The molecule has 1 unspecified atom stereocenters. The van der Waals surface area contributed by atoms with Crippen LogP contribution in [-0.2, 0) is 37.2 Å². The minimum absolute atomic E-state index is 0.0390. The molecule has 2 saturated heterocycles. The number of nitrogens with two attached hydrogens (primary N) is 1. The van der Waals surface area contributed by atoms with E-state index in [1.165, 1.54) is 10.4 Å². The maximum Gasteiger partial charge on any atom is 0.407 e. The van der Waals surface area contributed by atoms with Crippen molar-refractivity contribution >= 4 is 43.0 Å². The molecule has 5 atom stereocenters. The van der Waals surface area contributed by atoms with Crippen molar-refractivity contribution in [2.24, 2.45) is 17.6 Å². The van der Waals surface area contributed by atoms with Gasteiger partial charge in [-0.1, -0.05) is 44.2 Å². The van der Waals surface area contributed by atoms with Crippen molar-refractivity contribution in [3.63, 3.8) is 0 Å². The van der Waals surface area contributed by atoms with Crippen molar-refractivity contribution in [1.82, 2.24) is 9.62 Å². The zero-order valence-corrected chi connectivity index (χ0v) is 26.6. The monoisotopic (exact) mass is 679 g/mol. The second-order valence-corrected chi connectivity index (χ2v) is 14.1. The highest BCUT2D eigenvalue weighted by atomic mass is 79.9. The van der Waals surface area contributed by atoms with Gasteiger partial charge < -0.3 is 34.8 Å². The van der Waals surface area contributed by atoms with E-state index in [1.54, 1.807) is 12.1 Å². The van der Waals surface area contributed by atoms with Gasteiger partial charge in [0.25, 0.3) is 0 Å². The summed E-state index contributed by atoms with van der Waals surface area (Å²) < 4.78 is 52.2. The van der Waals surface area contributed by atoms with E-state index in [-0.39, 0.29) is 55.7 Å². The fraction of sp³-hybridized carbons (Fsp3) is 0.500. The third-order valence-electron chi connectivity index (χ3n) is 7.82. The Hall–Kier alpha value is -2.52. The van der Waals surface area contributed by atoms with Crippen LogP contribution in [0, 0.1) is 11.8 Å². The van der Waals surface area contributed by atoms with Gasteiger partial charge in [-0.2, -0.15) is 4.31 Å². The van der Waals surface area contributed by atoms with Crippen molar-refractivity contribution < 1.29 is 36.9 Å². The minimum Gasteiger partial charge on any atom is -0.449 e. The molecule has 5 rings (SSSR count). The molecule has 2 aliphatic heterocycles. The maximum atomic E-state index is 14.0. The SMILES string of the molecule is CC(C)CN(C[C@@H](O)[C@H](Cc1ccccc1)NC(=O)OC1CO[C@H]2OCC[C@@H]12)S(=O)(=O)c1ccc2oc(Br)c(CN)c2c1. The zero-order valence-electron chi connectivity index (χ0n) is 24.1. The Balaban J connectivity index is 1.37. The summed E-state index contributed by atoms with van der Waals surface area (Å²) in [6, 6.07) is 13.1. The lowest BCUT2D eigenvalue weighted by molar-refractivity contribution is -0.0907. The summed E-state index contributed by atoms with van der Waals surface area (Å²) >= 11 is 3.34. The van der Waals surface area contributed by atoms with Gasteiger partial charge in [0.05, 0.1) is 36.2 Å². The topological polar surface area (TPSA) is 154 Å². The zero-order chi connectivity index (χ0) is 30.7. The molecule has 2 aromatic carbocycles. The van der Waals surface area contributed by atoms with E-state index in [2.05, 4.69) is 21.2 Å². The first-order chi connectivity index (χ1) is 20.6. The lowest BCUT2D eigenvalue weighted by atomic mass is 10.0. The average molecular weight is 681 g/mol. The van der Waals surface area contributed by atoms with Gasteiger partial charge in [0.15, 0.2) is 11.0 Å². The number of sulfonamides is 1. The van der Waals surface area contributed by atoms with Crippen molar-refractivity contribution in [1.29, 1.82) is 0 Å². The van der Waals surface area contributed by atoms with Crippen LogP contribution in [0.25, 0.3) is 11.0 Å². The molecule has 3 heterocycles. The van der Waals surface area contributed by atoms with Crippen LogP contribution in [0.15, 0.2) is 62.5 Å². The molecule has 4 N–H and O–H groups in total. The van der Waals surface area contributed by atoms with Gasteiger partial charge in [-0.3, -0.25) is 0 Å². The van der Waals surface area contributed by atoms with E-state index in [4.69, 9.17) is 24.4 Å². The smallest absolute Gasteiger partial charge is 0.407 e. The summed E-state index contributed by atoms with van der Waals surface area (Å²) in [5, 5.41) is 14.9. The molecule has 234 valence electrons. The van der Waals surface area contributed by atoms with E-state index in [0.717, 1.165) is 12.0 Å². The molecule has 2 fully saturated rings. The number of benzene rings is 2. The van der Waals surface area contributed by atoms with E-state index in [9.17, 15) is 18.3 Å². The highest BCUT2D eigenvalue weighted by Crippen LogP contribution is 2.34. The Kier molecular flexibility index (Phi) is 10.1. The number of alkyl carbamates (subject to hydrolysis) is 1. The number of furan rings is 1. The molecule has 13 heteroatoms. The van der Waals surface area contributed by atoms with Crippen LogP contribution >= 0.6 is 15.9 Å². The fourth-order valence-electron chi connectivity index (χ4n) is 5.63. The number of fused-ring (bicyclic) bond motifs is 2. The number of nitrogens with one attached hydrogen (secondary N) is 1. The molecule has 0 spiro atoms. The quantitative estimate of drug-likeness (QED) is 0.260. The Morgan fingerprint density at radius 3 is 2.67 bits per heavy atom. The van der Waals surface area contributed by atoms with Crippen LogP contribution in [0.4, 0.5) is 4.79 Å². The average Bonchev–Trinajstić information content (AvgIpc) is 3.67. The second kappa shape index (κ2) is 13.6. The largest absolute Gasteiger partial charge is 0.449 e. The Morgan fingerprint density at radius 2 is 1.95 bits per heavy atom.